The number of hydrogen-bond donors (Lipinski definition) is 0. The van der Waals surface area contributed by atoms with E-state index in [4.69, 9.17) is 4.74 Å². The Morgan fingerprint density at radius 1 is 1.11 bits per heavy atom. The summed E-state index contributed by atoms with van der Waals surface area (Å²) in [6.45, 7) is 5.61. The lowest BCUT2D eigenvalue weighted by molar-refractivity contribution is 0.0526. The van der Waals surface area contributed by atoms with E-state index in [9.17, 15) is 9.59 Å². The number of ketones is 1. The fraction of sp³-hybridized carbons (Fsp3) is 0.250. The van der Waals surface area contributed by atoms with Crippen LogP contribution in [0.5, 0.6) is 0 Å². The number of fused-ring (bicyclic) bond motifs is 1. The number of aryl methyl sites for hydroxylation is 1. The molecule has 0 saturated carbocycles. The third kappa shape index (κ3) is 2.65. The molecule has 0 spiro atoms. The molecule has 2 aromatic carbocycles. The standard InChI is InChI=1S/C16H16O3/c1-4-19-16(18)14-7-10(2)15-9-12(11(3)17)5-6-13(15)8-14/h5-9H,4H2,1-3H3. The maximum atomic E-state index is 11.7. The number of carbonyl (C=O) groups excluding carboxylic acids is 2. The molecule has 3 nitrogen and oxygen atoms in total. The van der Waals surface area contributed by atoms with Crippen LogP contribution in [0.3, 0.4) is 0 Å². The maximum Gasteiger partial charge on any atom is 0.338 e. The lowest BCUT2D eigenvalue weighted by atomic mass is 9.98. The van der Waals surface area contributed by atoms with Crippen LogP contribution in [0.15, 0.2) is 30.3 Å². The van der Waals surface area contributed by atoms with Crippen molar-refractivity contribution >= 4 is 22.5 Å². The molecule has 0 aliphatic heterocycles. The number of hydrogen-bond acceptors (Lipinski definition) is 3. The molecule has 0 atom stereocenters. The van der Waals surface area contributed by atoms with Crippen LogP contribution in [-0.2, 0) is 4.74 Å². The normalized spacial score (nSPS) is 10.5. The van der Waals surface area contributed by atoms with Gasteiger partial charge in [0, 0.05) is 5.56 Å². The minimum atomic E-state index is -0.317. The first-order valence-electron chi connectivity index (χ1n) is 6.25. The van der Waals surface area contributed by atoms with E-state index in [1.54, 1.807) is 32.0 Å². The van der Waals surface area contributed by atoms with Gasteiger partial charge in [-0.3, -0.25) is 4.79 Å². The van der Waals surface area contributed by atoms with Gasteiger partial charge in [-0.1, -0.05) is 12.1 Å². The monoisotopic (exact) mass is 256 g/mol. The van der Waals surface area contributed by atoms with Gasteiger partial charge in [0.2, 0.25) is 0 Å². The largest absolute Gasteiger partial charge is 0.462 e. The predicted molar refractivity (Wildman–Crippen MR) is 74.6 cm³/mol. The summed E-state index contributed by atoms with van der Waals surface area (Å²) in [5.41, 5.74) is 2.19. The lowest BCUT2D eigenvalue weighted by Gasteiger charge is -2.08. The molecule has 0 aliphatic rings. The minimum absolute atomic E-state index is 0.0377. The molecule has 3 heteroatoms. The zero-order valence-electron chi connectivity index (χ0n) is 11.3. The second-order valence-electron chi connectivity index (χ2n) is 4.51. The van der Waals surface area contributed by atoms with Crippen LogP contribution in [0.4, 0.5) is 0 Å². The highest BCUT2D eigenvalue weighted by molar-refractivity contribution is 6.01. The van der Waals surface area contributed by atoms with Gasteiger partial charge < -0.3 is 4.74 Å². The van der Waals surface area contributed by atoms with Gasteiger partial charge in [0.15, 0.2) is 5.78 Å². The summed E-state index contributed by atoms with van der Waals surface area (Å²) in [4.78, 5) is 23.1. The van der Waals surface area contributed by atoms with Crippen molar-refractivity contribution in [2.24, 2.45) is 0 Å². The Balaban J connectivity index is 2.56. The summed E-state index contributed by atoms with van der Waals surface area (Å²) in [6.07, 6.45) is 0. The van der Waals surface area contributed by atoms with Crippen LogP contribution < -0.4 is 0 Å². The molecule has 0 unspecified atom stereocenters. The van der Waals surface area contributed by atoms with Gasteiger partial charge in [0.1, 0.15) is 0 Å². The van der Waals surface area contributed by atoms with Crippen molar-refractivity contribution in [1.82, 2.24) is 0 Å². The molecular formula is C16H16O3. The van der Waals surface area contributed by atoms with Gasteiger partial charge >= 0.3 is 5.97 Å². The van der Waals surface area contributed by atoms with Gasteiger partial charge in [-0.05, 0) is 55.3 Å². The second kappa shape index (κ2) is 5.22. The molecule has 0 amide bonds. The van der Waals surface area contributed by atoms with Crippen LogP contribution in [0.2, 0.25) is 0 Å². The lowest BCUT2D eigenvalue weighted by Crippen LogP contribution is -2.05. The van der Waals surface area contributed by atoms with E-state index in [-0.39, 0.29) is 11.8 Å². The van der Waals surface area contributed by atoms with E-state index in [1.807, 2.05) is 19.1 Å². The number of rotatable bonds is 3. The SMILES string of the molecule is CCOC(=O)c1cc(C)c2cc(C(C)=O)ccc2c1. The van der Waals surface area contributed by atoms with Gasteiger partial charge in [-0.2, -0.15) is 0 Å². The van der Waals surface area contributed by atoms with Crippen LogP contribution in [-0.4, -0.2) is 18.4 Å². The Kier molecular flexibility index (Phi) is 3.65. The highest BCUT2D eigenvalue weighted by Crippen LogP contribution is 2.23. The summed E-state index contributed by atoms with van der Waals surface area (Å²) in [5.74, 6) is -0.279. The van der Waals surface area contributed by atoms with Crippen molar-refractivity contribution in [1.29, 1.82) is 0 Å². The second-order valence-corrected chi connectivity index (χ2v) is 4.51. The summed E-state index contributed by atoms with van der Waals surface area (Å²) >= 11 is 0. The topological polar surface area (TPSA) is 43.4 Å². The predicted octanol–water partition coefficient (Wildman–Crippen LogP) is 3.53. The Hall–Kier alpha value is -2.16. The fourth-order valence-corrected chi connectivity index (χ4v) is 2.10. The number of Topliss-reactive ketones (excluding diaryl/α,β-unsaturated/α-hetero) is 1. The molecule has 0 N–H and O–H groups in total. The Morgan fingerprint density at radius 2 is 1.84 bits per heavy atom. The van der Waals surface area contributed by atoms with Crippen LogP contribution in [0.1, 0.15) is 40.1 Å². The average Bonchev–Trinajstić information content (AvgIpc) is 2.38. The van der Waals surface area contributed by atoms with E-state index >= 15 is 0 Å². The first kappa shape index (κ1) is 13.3. The molecular weight excluding hydrogens is 240 g/mol. The zero-order valence-corrected chi connectivity index (χ0v) is 11.3. The van der Waals surface area contributed by atoms with Gasteiger partial charge in [-0.15, -0.1) is 0 Å². The van der Waals surface area contributed by atoms with E-state index in [0.29, 0.717) is 17.7 Å². The Labute approximate surface area is 112 Å². The maximum absolute atomic E-state index is 11.7. The Morgan fingerprint density at radius 3 is 2.47 bits per heavy atom. The molecule has 0 aliphatic carbocycles. The van der Waals surface area contributed by atoms with Crippen molar-refractivity contribution in [3.05, 3.63) is 47.0 Å². The molecule has 2 aromatic rings. The summed E-state index contributed by atoms with van der Waals surface area (Å²) in [5, 5.41) is 1.92. The highest BCUT2D eigenvalue weighted by atomic mass is 16.5. The van der Waals surface area contributed by atoms with E-state index in [2.05, 4.69) is 0 Å². The third-order valence-corrected chi connectivity index (χ3v) is 3.08. The van der Waals surface area contributed by atoms with Crippen molar-refractivity contribution < 1.29 is 14.3 Å². The summed E-state index contributed by atoms with van der Waals surface area (Å²) < 4.78 is 5.00. The first-order chi connectivity index (χ1) is 9.02. The number of carbonyl (C=O) groups is 2. The number of ether oxygens (including phenoxy) is 1. The summed E-state index contributed by atoms with van der Waals surface area (Å²) in [7, 11) is 0. The molecule has 2 rings (SSSR count). The van der Waals surface area contributed by atoms with E-state index < -0.39 is 0 Å². The molecule has 0 saturated heterocycles. The van der Waals surface area contributed by atoms with Crippen molar-refractivity contribution in [2.45, 2.75) is 20.8 Å². The van der Waals surface area contributed by atoms with Crippen LogP contribution >= 0.6 is 0 Å². The van der Waals surface area contributed by atoms with Gasteiger partial charge in [0.25, 0.3) is 0 Å². The van der Waals surface area contributed by atoms with Crippen LogP contribution in [0.25, 0.3) is 10.8 Å². The smallest absolute Gasteiger partial charge is 0.338 e. The van der Waals surface area contributed by atoms with Crippen molar-refractivity contribution in [3.8, 4) is 0 Å². The average molecular weight is 256 g/mol. The molecule has 0 aromatic heterocycles. The number of benzene rings is 2. The van der Waals surface area contributed by atoms with E-state index in [0.717, 1.165) is 16.3 Å². The molecule has 0 heterocycles. The molecule has 0 bridgehead atoms. The first-order valence-corrected chi connectivity index (χ1v) is 6.25. The molecule has 19 heavy (non-hydrogen) atoms. The van der Waals surface area contributed by atoms with Gasteiger partial charge in [0.05, 0.1) is 12.2 Å². The van der Waals surface area contributed by atoms with Crippen molar-refractivity contribution in [3.63, 3.8) is 0 Å². The fourth-order valence-electron chi connectivity index (χ4n) is 2.10. The molecule has 98 valence electrons. The summed E-state index contributed by atoms with van der Waals surface area (Å²) in [6, 6.07) is 9.09. The van der Waals surface area contributed by atoms with Gasteiger partial charge in [-0.25, -0.2) is 4.79 Å². The molecule has 0 fully saturated rings. The minimum Gasteiger partial charge on any atom is -0.462 e. The third-order valence-electron chi connectivity index (χ3n) is 3.08. The zero-order chi connectivity index (χ0) is 14.0. The quantitative estimate of drug-likeness (QED) is 0.623. The number of esters is 1. The molecule has 0 radical (unpaired) electrons. The van der Waals surface area contributed by atoms with Crippen molar-refractivity contribution in [2.75, 3.05) is 6.61 Å². The van der Waals surface area contributed by atoms with Crippen LogP contribution in [0, 0.1) is 6.92 Å². The Bertz CT molecular complexity index is 656. The van der Waals surface area contributed by atoms with E-state index in [1.165, 1.54) is 0 Å². The highest BCUT2D eigenvalue weighted by Gasteiger charge is 2.10.